The van der Waals surface area contributed by atoms with Gasteiger partial charge < -0.3 is 8.92 Å². The Morgan fingerprint density at radius 1 is 0.789 bits per heavy atom. The predicted octanol–water partition coefficient (Wildman–Crippen LogP) is 7.02. The average Bonchev–Trinajstić information content (AvgIpc) is 2.83. The molecule has 16 heteroatoms. The molecule has 0 aliphatic heterocycles. The summed E-state index contributed by atoms with van der Waals surface area (Å²) in [6.45, 7) is 2.42. The van der Waals surface area contributed by atoms with E-state index in [4.69, 9.17) is 4.74 Å². The van der Waals surface area contributed by atoms with Crippen molar-refractivity contribution in [3.63, 3.8) is 0 Å². The Balaban J connectivity index is 2.21. The zero-order valence-corrected chi connectivity index (χ0v) is 20.6. The molecule has 2 rings (SSSR count). The first-order valence-electron chi connectivity index (χ1n) is 11.2. The molecule has 2 aromatic rings. The second-order valence-electron chi connectivity index (χ2n) is 8.06. The second-order valence-corrected chi connectivity index (χ2v) is 9.64. The van der Waals surface area contributed by atoms with Crippen LogP contribution in [0.2, 0.25) is 0 Å². The molecule has 1 aromatic heterocycles. The summed E-state index contributed by atoms with van der Waals surface area (Å²) in [5.74, 6) is -16.1. The van der Waals surface area contributed by atoms with Gasteiger partial charge in [-0.05, 0) is 18.6 Å². The van der Waals surface area contributed by atoms with Crippen LogP contribution in [-0.4, -0.2) is 48.3 Å². The van der Waals surface area contributed by atoms with Crippen molar-refractivity contribution in [2.24, 2.45) is 0 Å². The number of hydrogen-bond donors (Lipinski definition) is 0. The van der Waals surface area contributed by atoms with Crippen LogP contribution in [0.4, 0.5) is 39.5 Å². The summed E-state index contributed by atoms with van der Waals surface area (Å²) in [4.78, 5) is 7.69. The largest absolute Gasteiger partial charge is 0.490 e. The van der Waals surface area contributed by atoms with E-state index in [1.165, 1.54) is 6.07 Å². The van der Waals surface area contributed by atoms with Crippen LogP contribution < -0.4 is 8.92 Å². The lowest BCUT2D eigenvalue weighted by atomic mass is 10.1. The lowest BCUT2D eigenvalue weighted by Crippen LogP contribution is -2.63. The highest BCUT2D eigenvalue weighted by Gasteiger charge is 2.86. The third-order valence-corrected chi connectivity index (χ3v) is 6.44. The molecule has 38 heavy (non-hydrogen) atoms. The van der Waals surface area contributed by atoms with E-state index in [0.717, 1.165) is 63.1 Å². The molecule has 0 N–H and O–H groups in total. The number of benzene rings is 1. The van der Waals surface area contributed by atoms with Crippen molar-refractivity contribution < 1.29 is 56.9 Å². The van der Waals surface area contributed by atoms with Gasteiger partial charge in [-0.15, -0.1) is 0 Å². The predicted molar refractivity (Wildman–Crippen MR) is 117 cm³/mol. The summed E-state index contributed by atoms with van der Waals surface area (Å²) in [6, 6.07) is 3.88. The molecule has 0 aliphatic rings. The zero-order valence-electron chi connectivity index (χ0n) is 19.8. The molecule has 1 heterocycles. The van der Waals surface area contributed by atoms with E-state index in [0.29, 0.717) is 12.7 Å². The Morgan fingerprint density at radius 2 is 1.34 bits per heavy atom. The van der Waals surface area contributed by atoms with E-state index in [9.17, 15) is 47.9 Å². The molecule has 0 unspecified atom stereocenters. The number of aromatic nitrogens is 2. The molecule has 0 saturated heterocycles. The van der Waals surface area contributed by atoms with Gasteiger partial charge in [-0.3, -0.25) is 0 Å². The molecule has 1 aromatic carbocycles. The molecular weight excluding hydrogens is 559 g/mol. The normalized spacial score (nSPS) is 13.4. The van der Waals surface area contributed by atoms with Crippen molar-refractivity contribution in [1.29, 1.82) is 0 Å². The Labute approximate surface area is 212 Å². The fourth-order valence-electron chi connectivity index (χ4n) is 3.01. The van der Waals surface area contributed by atoms with Crippen molar-refractivity contribution in [2.45, 2.75) is 68.7 Å². The number of unbranched alkanes of at least 4 members (excludes halogenated alkanes) is 5. The number of ether oxygens (including phenoxy) is 1. The van der Waals surface area contributed by atoms with Crippen molar-refractivity contribution in [2.75, 3.05) is 6.61 Å². The Kier molecular flexibility index (Phi) is 9.88. The van der Waals surface area contributed by atoms with Crippen LogP contribution in [0.3, 0.4) is 0 Å². The maximum absolute atomic E-state index is 14.0. The minimum absolute atomic E-state index is 0.189. The van der Waals surface area contributed by atoms with Gasteiger partial charge in [0.15, 0.2) is 17.3 Å². The minimum atomic E-state index is -7.42. The van der Waals surface area contributed by atoms with Crippen molar-refractivity contribution >= 4 is 10.1 Å². The van der Waals surface area contributed by atoms with Crippen LogP contribution in [0.25, 0.3) is 11.4 Å². The summed E-state index contributed by atoms with van der Waals surface area (Å²) in [5, 5.41) is -7.00. The summed E-state index contributed by atoms with van der Waals surface area (Å²) in [7, 11) is -7.12. The topological polar surface area (TPSA) is 78.4 Å². The standard InChI is InChI=1S/C22H23F9N2O4S/c1-2-3-4-5-6-9-12-36-15-13-32-18(33-14-15)16-10-7-8-11-17(16)37-38(34,35)22(30,31)20(25,26)19(23,24)21(27,28)29/h7-8,10-11,13-14H,2-6,9,12H2,1H3. The van der Waals surface area contributed by atoms with Crippen LogP contribution in [-0.2, 0) is 10.1 Å². The lowest BCUT2D eigenvalue weighted by Gasteiger charge is -2.32. The number of hydrogen-bond acceptors (Lipinski definition) is 6. The number of alkyl halides is 9. The Morgan fingerprint density at radius 3 is 1.92 bits per heavy atom. The highest BCUT2D eigenvalue weighted by molar-refractivity contribution is 7.88. The van der Waals surface area contributed by atoms with Gasteiger partial charge in [-0.2, -0.15) is 47.9 Å². The molecule has 0 atom stereocenters. The van der Waals surface area contributed by atoms with Crippen LogP contribution in [0.15, 0.2) is 36.7 Å². The van der Waals surface area contributed by atoms with Crippen LogP contribution >= 0.6 is 0 Å². The van der Waals surface area contributed by atoms with E-state index in [1.807, 2.05) is 0 Å². The highest BCUT2D eigenvalue weighted by atomic mass is 32.2. The number of rotatable bonds is 14. The molecule has 0 saturated carbocycles. The van der Waals surface area contributed by atoms with Gasteiger partial charge in [0.05, 0.1) is 24.6 Å². The van der Waals surface area contributed by atoms with Crippen molar-refractivity contribution in [3.05, 3.63) is 36.7 Å². The van der Waals surface area contributed by atoms with E-state index < -0.39 is 44.7 Å². The average molecular weight is 582 g/mol. The molecule has 6 nitrogen and oxygen atoms in total. The van der Waals surface area contributed by atoms with Gasteiger partial charge in [0.2, 0.25) is 0 Å². The number of halogens is 9. The fourth-order valence-corrected chi connectivity index (χ4v) is 3.94. The van der Waals surface area contributed by atoms with Gasteiger partial charge in [0.1, 0.15) is 0 Å². The smallest absolute Gasteiger partial charge is 0.460 e. The molecule has 0 amide bonds. The highest BCUT2D eigenvalue weighted by Crippen LogP contribution is 2.55. The lowest BCUT2D eigenvalue weighted by molar-refractivity contribution is -0.382. The zero-order chi connectivity index (χ0) is 28.8. The van der Waals surface area contributed by atoms with Gasteiger partial charge in [0.25, 0.3) is 0 Å². The summed E-state index contributed by atoms with van der Waals surface area (Å²) in [6.07, 6.45) is 1.11. The summed E-state index contributed by atoms with van der Waals surface area (Å²) >= 11 is 0. The maximum Gasteiger partial charge on any atom is 0.460 e. The maximum atomic E-state index is 14.0. The van der Waals surface area contributed by atoms with Gasteiger partial charge >= 0.3 is 33.4 Å². The van der Waals surface area contributed by atoms with Crippen molar-refractivity contribution in [1.82, 2.24) is 9.97 Å². The van der Waals surface area contributed by atoms with Gasteiger partial charge in [-0.1, -0.05) is 51.2 Å². The summed E-state index contributed by atoms with van der Waals surface area (Å²) in [5.41, 5.74) is -0.472. The fraction of sp³-hybridized carbons (Fsp3) is 0.545. The number of nitrogens with zero attached hydrogens (tertiary/aromatic N) is 2. The Bertz CT molecular complexity index is 1160. The third kappa shape index (κ3) is 6.61. The second kappa shape index (κ2) is 11.9. The van der Waals surface area contributed by atoms with E-state index in [1.54, 1.807) is 0 Å². The molecule has 0 fully saturated rings. The Hall–Kier alpha value is -2.78. The quantitative estimate of drug-likeness (QED) is 0.135. The number of para-hydroxylation sites is 1. The van der Waals surface area contributed by atoms with Gasteiger partial charge in [0, 0.05) is 0 Å². The third-order valence-electron chi connectivity index (χ3n) is 5.15. The summed E-state index contributed by atoms with van der Waals surface area (Å²) < 4.78 is 152. The van der Waals surface area contributed by atoms with E-state index >= 15 is 0 Å². The molecule has 0 aliphatic carbocycles. The molecule has 0 bridgehead atoms. The molecular formula is C22H23F9N2O4S. The minimum Gasteiger partial charge on any atom is -0.490 e. The van der Waals surface area contributed by atoms with Gasteiger partial charge in [-0.25, -0.2) is 9.97 Å². The van der Waals surface area contributed by atoms with Crippen LogP contribution in [0.1, 0.15) is 45.4 Å². The SMILES string of the molecule is CCCCCCCCOc1cnc(-c2ccccc2OS(=O)(=O)C(F)(F)C(F)(F)C(F)(F)C(F)(F)F)nc1. The van der Waals surface area contributed by atoms with Crippen LogP contribution in [0, 0.1) is 0 Å². The molecule has 214 valence electrons. The van der Waals surface area contributed by atoms with Crippen LogP contribution in [0.5, 0.6) is 11.5 Å². The first-order valence-corrected chi connectivity index (χ1v) is 12.6. The first kappa shape index (κ1) is 31.4. The van der Waals surface area contributed by atoms with Crippen molar-refractivity contribution in [3.8, 4) is 22.9 Å². The first-order chi connectivity index (χ1) is 17.5. The monoisotopic (exact) mass is 582 g/mol. The van der Waals surface area contributed by atoms with E-state index in [2.05, 4.69) is 21.1 Å². The molecule has 0 radical (unpaired) electrons. The van der Waals surface area contributed by atoms with E-state index in [-0.39, 0.29) is 11.6 Å². The molecule has 0 spiro atoms.